The Labute approximate surface area is 177 Å². The van der Waals surface area contributed by atoms with Gasteiger partial charge in [0.15, 0.2) is 12.1 Å². The van der Waals surface area contributed by atoms with Crippen LogP contribution in [0.25, 0.3) is 0 Å². The zero-order valence-corrected chi connectivity index (χ0v) is 17.8. The number of nitrogens with zero attached hydrogens (tertiary/aromatic N) is 3. The summed E-state index contributed by atoms with van der Waals surface area (Å²) in [7, 11) is 1.96. The zero-order valence-electron chi connectivity index (χ0n) is 17.8. The molecule has 1 aromatic carbocycles. The van der Waals surface area contributed by atoms with Gasteiger partial charge in [0, 0.05) is 31.5 Å². The first kappa shape index (κ1) is 19.1. The van der Waals surface area contributed by atoms with Gasteiger partial charge in [-0.2, -0.15) is 5.10 Å². The molecular weight excluding hydrogens is 374 g/mol. The van der Waals surface area contributed by atoms with Crippen molar-refractivity contribution in [3.63, 3.8) is 0 Å². The van der Waals surface area contributed by atoms with Crippen LogP contribution < -0.4 is 21.3 Å². The standard InChI is InChI=1S/C23H29N7/c1-14-4-7-20(15(2)10-14)27-21-19-13-25-23(28-22(19)30(3)29-21)26-18-6-5-16-8-9-24-12-17(16)11-18/h4-5,7,10-11,13,18,23-24,26,28H,6,8-9,12H2,1-3H3,(H,27,29). The molecule has 0 amide bonds. The molecule has 1 aromatic heterocycles. The minimum absolute atomic E-state index is 0.171. The molecule has 7 heteroatoms. The normalized spacial score (nSPS) is 22.5. The first-order valence-electron chi connectivity index (χ1n) is 10.6. The number of aliphatic imine (C=N–C) groups is 1. The SMILES string of the molecule is Cc1ccc(Nc2nn(C)c3c2C=NC(NC2C=C4CNCCC4=CC2)N3)c(C)c1. The third-order valence-electron chi connectivity index (χ3n) is 6.04. The number of rotatable bonds is 4. The summed E-state index contributed by atoms with van der Waals surface area (Å²) >= 11 is 0. The highest BCUT2D eigenvalue weighted by atomic mass is 15.4. The quantitative estimate of drug-likeness (QED) is 0.631. The molecule has 0 spiro atoms. The second-order valence-corrected chi connectivity index (χ2v) is 8.36. The fraction of sp³-hybridized carbons (Fsp3) is 0.391. The largest absolute Gasteiger partial charge is 0.338 e. The summed E-state index contributed by atoms with van der Waals surface area (Å²) in [5.74, 6) is 1.78. The summed E-state index contributed by atoms with van der Waals surface area (Å²) in [6.45, 7) is 6.26. The van der Waals surface area contributed by atoms with Crippen molar-refractivity contribution in [2.45, 2.75) is 39.0 Å². The Bertz CT molecular complexity index is 1060. The van der Waals surface area contributed by atoms with Crippen LogP contribution in [-0.2, 0) is 7.05 Å². The van der Waals surface area contributed by atoms with Crippen LogP contribution in [0.3, 0.4) is 0 Å². The van der Waals surface area contributed by atoms with Gasteiger partial charge in [0.05, 0.1) is 5.56 Å². The maximum Gasteiger partial charge on any atom is 0.175 e. The van der Waals surface area contributed by atoms with E-state index in [4.69, 9.17) is 4.99 Å². The zero-order chi connectivity index (χ0) is 20.7. The first-order valence-corrected chi connectivity index (χ1v) is 10.6. The molecule has 3 aliphatic rings. The molecule has 1 fully saturated rings. The number of fused-ring (bicyclic) bond motifs is 2. The molecule has 156 valence electrons. The lowest BCUT2D eigenvalue weighted by atomic mass is 9.90. The highest BCUT2D eigenvalue weighted by Crippen LogP contribution is 2.30. The van der Waals surface area contributed by atoms with Crippen LogP contribution >= 0.6 is 0 Å². The van der Waals surface area contributed by atoms with Crippen LogP contribution in [0.2, 0.25) is 0 Å². The molecule has 4 N–H and O–H groups in total. The summed E-state index contributed by atoms with van der Waals surface area (Å²) in [6, 6.07) is 6.66. The van der Waals surface area contributed by atoms with Crippen molar-refractivity contribution < 1.29 is 0 Å². The Balaban J connectivity index is 1.30. The number of piperidine rings is 1. The molecule has 0 bridgehead atoms. The van der Waals surface area contributed by atoms with Crippen molar-refractivity contribution in [2.24, 2.45) is 12.0 Å². The molecule has 2 atom stereocenters. The molecule has 0 radical (unpaired) electrons. The van der Waals surface area contributed by atoms with Crippen LogP contribution in [0.1, 0.15) is 29.5 Å². The average molecular weight is 404 g/mol. The highest BCUT2D eigenvalue weighted by molar-refractivity contribution is 5.95. The van der Waals surface area contributed by atoms with Gasteiger partial charge in [-0.15, -0.1) is 0 Å². The van der Waals surface area contributed by atoms with Gasteiger partial charge in [0.1, 0.15) is 5.82 Å². The summed E-state index contributed by atoms with van der Waals surface area (Å²) < 4.78 is 1.88. The third-order valence-corrected chi connectivity index (χ3v) is 6.04. The molecule has 5 rings (SSSR count). The van der Waals surface area contributed by atoms with E-state index in [0.717, 1.165) is 48.8 Å². The van der Waals surface area contributed by atoms with Crippen molar-refractivity contribution in [3.05, 3.63) is 58.2 Å². The van der Waals surface area contributed by atoms with E-state index in [-0.39, 0.29) is 12.3 Å². The molecule has 1 saturated heterocycles. The van der Waals surface area contributed by atoms with Gasteiger partial charge in [0.2, 0.25) is 0 Å². The van der Waals surface area contributed by atoms with Gasteiger partial charge in [-0.05, 0) is 56.0 Å². The minimum atomic E-state index is -0.171. The maximum atomic E-state index is 4.71. The summed E-state index contributed by atoms with van der Waals surface area (Å²) in [6.07, 6.45) is 8.61. The smallest absolute Gasteiger partial charge is 0.175 e. The molecule has 2 aromatic rings. The summed E-state index contributed by atoms with van der Waals surface area (Å²) in [5, 5.41) is 18.7. The lowest BCUT2D eigenvalue weighted by Gasteiger charge is -2.30. The Kier molecular flexibility index (Phi) is 4.92. The van der Waals surface area contributed by atoms with Crippen molar-refractivity contribution in [1.82, 2.24) is 20.4 Å². The van der Waals surface area contributed by atoms with Gasteiger partial charge < -0.3 is 16.0 Å². The number of anilines is 3. The van der Waals surface area contributed by atoms with E-state index in [2.05, 4.69) is 70.6 Å². The number of benzene rings is 1. The van der Waals surface area contributed by atoms with Crippen LogP contribution in [-0.4, -0.2) is 41.4 Å². The van der Waals surface area contributed by atoms with E-state index in [9.17, 15) is 0 Å². The lowest BCUT2D eigenvalue weighted by Crippen LogP contribution is -2.44. The minimum Gasteiger partial charge on any atom is -0.338 e. The van der Waals surface area contributed by atoms with Crippen molar-refractivity contribution in [2.75, 3.05) is 23.7 Å². The number of hydrogen-bond donors (Lipinski definition) is 4. The third kappa shape index (κ3) is 3.66. The number of hydrogen-bond acceptors (Lipinski definition) is 6. The second-order valence-electron chi connectivity index (χ2n) is 8.36. The van der Waals surface area contributed by atoms with Gasteiger partial charge >= 0.3 is 0 Å². The summed E-state index contributed by atoms with van der Waals surface area (Å²) in [4.78, 5) is 4.71. The predicted octanol–water partition coefficient (Wildman–Crippen LogP) is 3.12. The second kappa shape index (κ2) is 7.74. The Morgan fingerprint density at radius 1 is 1.20 bits per heavy atom. The van der Waals surface area contributed by atoms with Crippen molar-refractivity contribution >= 4 is 23.5 Å². The number of nitrogens with one attached hydrogen (secondary N) is 4. The maximum absolute atomic E-state index is 4.71. The average Bonchev–Trinajstić information content (AvgIpc) is 3.05. The molecule has 1 aliphatic carbocycles. The van der Waals surface area contributed by atoms with Crippen molar-refractivity contribution in [1.29, 1.82) is 0 Å². The monoisotopic (exact) mass is 403 g/mol. The van der Waals surface area contributed by atoms with E-state index in [1.54, 1.807) is 0 Å². The van der Waals surface area contributed by atoms with E-state index >= 15 is 0 Å². The predicted molar refractivity (Wildman–Crippen MR) is 123 cm³/mol. The van der Waals surface area contributed by atoms with Crippen LogP contribution in [0, 0.1) is 13.8 Å². The Morgan fingerprint density at radius 3 is 2.97 bits per heavy atom. The molecule has 7 nitrogen and oxygen atoms in total. The molecule has 2 aliphatic heterocycles. The van der Waals surface area contributed by atoms with E-state index < -0.39 is 0 Å². The van der Waals surface area contributed by atoms with Crippen LogP contribution in [0.15, 0.2) is 46.5 Å². The Morgan fingerprint density at radius 2 is 2.10 bits per heavy atom. The fourth-order valence-corrected chi connectivity index (χ4v) is 4.43. The Hall–Kier alpha value is -2.90. The van der Waals surface area contributed by atoms with Gasteiger partial charge in [0.25, 0.3) is 0 Å². The summed E-state index contributed by atoms with van der Waals surface area (Å²) in [5.41, 5.74) is 7.42. The molecule has 0 saturated carbocycles. The molecule has 3 heterocycles. The van der Waals surface area contributed by atoms with Gasteiger partial charge in [-0.3, -0.25) is 15.0 Å². The first-order chi connectivity index (χ1) is 14.6. The van der Waals surface area contributed by atoms with Crippen molar-refractivity contribution in [3.8, 4) is 0 Å². The van der Waals surface area contributed by atoms with E-state index in [1.165, 1.54) is 22.3 Å². The lowest BCUT2D eigenvalue weighted by molar-refractivity contribution is 0.505. The number of aryl methyl sites for hydroxylation is 3. The molecular formula is C23H29N7. The molecule has 2 unspecified atom stereocenters. The van der Waals surface area contributed by atoms with Crippen LogP contribution in [0.4, 0.5) is 17.3 Å². The van der Waals surface area contributed by atoms with Gasteiger partial charge in [-0.1, -0.05) is 29.8 Å². The highest BCUT2D eigenvalue weighted by Gasteiger charge is 2.25. The molecule has 30 heavy (non-hydrogen) atoms. The fourth-order valence-electron chi connectivity index (χ4n) is 4.43. The van der Waals surface area contributed by atoms with E-state index in [1.807, 2.05) is 17.9 Å². The number of aromatic nitrogens is 2. The van der Waals surface area contributed by atoms with Gasteiger partial charge in [-0.25, -0.2) is 0 Å². The van der Waals surface area contributed by atoms with Crippen LogP contribution in [0.5, 0.6) is 0 Å². The topological polar surface area (TPSA) is 78.3 Å². The van der Waals surface area contributed by atoms with E-state index in [0.29, 0.717) is 0 Å².